The van der Waals surface area contributed by atoms with Gasteiger partial charge in [0.25, 0.3) is 0 Å². The smallest absolute Gasteiger partial charge is 0.152 e. The van der Waals surface area contributed by atoms with Crippen LogP contribution in [0.15, 0.2) is 48.7 Å². The zero-order valence-electron chi connectivity index (χ0n) is 20.6. The number of benzene rings is 2. The molecule has 1 atom stereocenters. The van der Waals surface area contributed by atoms with E-state index in [-0.39, 0.29) is 0 Å². The summed E-state index contributed by atoms with van der Waals surface area (Å²) < 4.78 is 11.9. The Kier molecular flexibility index (Phi) is 7.43. The van der Waals surface area contributed by atoms with Crippen LogP contribution in [0, 0.1) is 0 Å². The van der Waals surface area contributed by atoms with Gasteiger partial charge >= 0.3 is 0 Å². The maximum atomic E-state index is 6.34. The maximum absolute atomic E-state index is 6.34. The van der Waals surface area contributed by atoms with Gasteiger partial charge in [0.1, 0.15) is 12.2 Å². The third-order valence-electron chi connectivity index (χ3n) is 7.45. The number of aryl methyl sites for hydroxylation is 1. The molecule has 2 aromatic carbocycles. The van der Waals surface area contributed by atoms with Gasteiger partial charge in [0.05, 0.1) is 13.2 Å². The molecule has 34 heavy (non-hydrogen) atoms. The number of pyridine rings is 1. The Morgan fingerprint density at radius 1 is 1.00 bits per heavy atom. The molecule has 1 aromatic heterocycles. The fourth-order valence-corrected chi connectivity index (χ4v) is 5.52. The van der Waals surface area contributed by atoms with Crippen LogP contribution < -0.4 is 4.74 Å². The van der Waals surface area contributed by atoms with Crippen molar-refractivity contribution in [3.05, 3.63) is 70.9 Å². The molecule has 180 valence electrons. The SMILES string of the molecule is CCc1ccccc1C(CC)CCN1COc2c(cc(CN3CCOCC3)c3cccnc23)C1. The summed E-state index contributed by atoms with van der Waals surface area (Å²) in [7, 11) is 0. The number of ether oxygens (including phenoxy) is 2. The fraction of sp³-hybridized carbons (Fsp3) is 0.483. The van der Waals surface area contributed by atoms with Crippen LogP contribution in [-0.4, -0.2) is 54.4 Å². The minimum Gasteiger partial charge on any atom is -0.475 e. The maximum Gasteiger partial charge on any atom is 0.152 e. The van der Waals surface area contributed by atoms with E-state index < -0.39 is 0 Å². The van der Waals surface area contributed by atoms with Crippen LogP contribution in [0.4, 0.5) is 0 Å². The van der Waals surface area contributed by atoms with Crippen molar-refractivity contribution in [3.8, 4) is 5.75 Å². The number of nitrogens with zero attached hydrogens (tertiary/aromatic N) is 3. The van der Waals surface area contributed by atoms with Crippen molar-refractivity contribution in [2.75, 3.05) is 39.6 Å². The van der Waals surface area contributed by atoms with Crippen molar-refractivity contribution in [2.24, 2.45) is 0 Å². The molecular weight excluding hydrogens is 422 g/mol. The molecule has 0 saturated carbocycles. The van der Waals surface area contributed by atoms with E-state index in [4.69, 9.17) is 14.5 Å². The largest absolute Gasteiger partial charge is 0.475 e. The van der Waals surface area contributed by atoms with E-state index in [0.717, 1.165) is 70.0 Å². The van der Waals surface area contributed by atoms with Gasteiger partial charge in [-0.1, -0.05) is 44.2 Å². The summed E-state index contributed by atoms with van der Waals surface area (Å²) in [6.07, 6.45) is 5.30. The van der Waals surface area contributed by atoms with E-state index in [0.29, 0.717) is 12.6 Å². The molecule has 1 unspecified atom stereocenters. The minimum atomic E-state index is 0.590. The number of hydrogen-bond donors (Lipinski definition) is 0. The molecule has 3 aromatic rings. The van der Waals surface area contributed by atoms with E-state index in [9.17, 15) is 0 Å². The predicted octanol–water partition coefficient (Wildman–Crippen LogP) is 5.37. The van der Waals surface area contributed by atoms with Crippen LogP contribution in [0.25, 0.3) is 10.9 Å². The Balaban J connectivity index is 1.33. The number of fused-ring (bicyclic) bond motifs is 3. The fourth-order valence-electron chi connectivity index (χ4n) is 5.52. The van der Waals surface area contributed by atoms with Crippen molar-refractivity contribution in [2.45, 2.75) is 52.1 Å². The van der Waals surface area contributed by atoms with Crippen molar-refractivity contribution < 1.29 is 9.47 Å². The molecule has 5 heteroatoms. The molecular formula is C29H37N3O2. The van der Waals surface area contributed by atoms with Crippen LogP contribution in [-0.2, 0) is 24.2 Å². The van der Waals surface area contributed by atoms with Crippen LogP contribution in [0.5, 0.6) is 5.75 Å². The average molecular weight is 460 g/mol. The van der Waals surface area contributed by atoms with Gasteiger partial charge in [-0.05, 0) is 54.0 Å². The van der Waals surface area contributed by atoms with E-state index in [1.54, 1.807) is 0 Å². The third kappa shape index (κ3) is 4.97. The van der Waals surface area contributed by atoms with Gasteiger partial charge in [0.2, 0.25) is 0 Å². The molecule has 1 saturated heterocycles. The van der Waals surface area contributed by atoms with Crippen molar-refractivity contribution in [3.63, 3.8) is 0 Å². The molecule has 0 bridgehead atoms. The summed E-state index contributed by atoms with van der Waals surface area (Å²) in [6, 6.07) is 15.5. The van der Waals surface area contributed by atoms with Crippen molar-refractivity contribution in [1.29, 1.82) is 0 Å². The topological polar surface area (TPSA) is 37.8 Å². The molecule has 0 amide bonds. The molecule has 0 radical (unpaired) electrons. The Hall–Kier alpha value is -2.47. The Morgan fingerprint density at radius 2 is 1.85 bits per heavy atom. The molecule has 5 rings (SSSR count). The van der Waals surface area contributed by atoms with Gasteiger partial charge < -0.3 is 9.47 Å². The number of rotatable bonds is 8. The Morgan fingerprint density at radius 3 is 2.68 bits per heavy atom. The van der Waals surface area contributed by atoms with Crippen molar-refractivity contribution >= 4 is 10.9 Å². The van der Waals surface area contributed by atoms with Crippen LogP contribution in [0.1, 0.15) is 54.9 Å². The Bertz CT molecular complexity index is 1110. The van der Waals surface area contributed by atoms with Gasteiger partial charge in [-0.15, -0.1) is 0 Å². The quantitative estimate of drug-likeness (QED) is 0.453. The zero-order chi connectivity index (χ0) is 23.3. The normalized spacial score (nSPS) is 17.9. The first-order valence-corrected chi connectivity index (χ1v) is 12.9. The minimum absolute atomic E-state index is 0.590. The number of aromatic nitrogens is 1. The van der Waals surface area contributed by atoms with Crippen LogP contribution in [0.3, 0.4) is 0 Å². The first-order valence-electron chi connectivity index (χ1n) is 12.9. The van der Waals surface area contributed by atoms with E-state index >= 15 is 0 Å². The van der Waals surface area contributed by atoms with Crippen LogP contribution in [0.2, 0.25) is 0 Å². The van der Waals surface area contributed by atoms with Gasteiger partial charge in [-0.3, -0.25) is 14.8 Å². The van der Waals surface area contributed by atoms with Gasteiger partial charge in [0.15, 0.2) is 5.75 Å². The van der Waals surface area contributed by atoms with Crippen LogP contribution >= 0.6 is 0 Å². The first kappa shape index (κ1) is 23.3. The summed E-state index contributed by atoms with van der Waals surface area (Å²) in [5.41, 5.74) is 6.63. The van der Waals surface area contributed by atoms with E-state index in [1.807, 2.05) is 12.3 Å². The predicted molar refractivity (Wildman–Crippen MR) is 137 cm³/mol. The molecule has 0 spiro atoms. The van der Waals surface area contributed by atoms with E-state index in [1.165, 1.54) is 34.1 Å². The molecule has 0 aliphatic carbocycles. The van der Waals surface area contributed by atoms with Crippen molar-refractivity contribution in [1.82, 2.24) is 14.8 Å². The second kappa shape index (κ2) is 10.9. The lowest BCUT2D eigenvalue weighted by molar-refractivity contribution is 0.0343. The molecule has 5 nitrogen and oxygen atoms in total. The van der Waals surface area contributed by atoms with Gasteiger partial charge in [-0.2, -0.15) is 0 Å². The second-order valence-electron chi connectivity index (χ2n) is 9.58. The first-order chi connectivity index (χ1) is 16.8. The highest BCUT2D eigenvalue weighted by atomic mass is 16.5. The lowest BCUT2D eigenvalue weighted by Gasteiger charge is -2.32. The zero-order valence-corrected chi connectivity index (χ0v) is 20.6. The third-order valence-corrected chi connectivity index (χ3v) is 7.45. The molecule has 0 N–H and O–H groups in total. The number of hydrogen-bond acceptors (Lipinski definition) is 5. The lowest BCUT2D eigenvalue weighted by atomic mass is 9.88. The van der Waals surface area contributed by atoms with Gasteiger partial charge in [0, 0.05) is 49.9 Å². The summed E-state index contributed by atoms with van der Waals surface area (Å²) in [6.45, 7) is 11.7. The highest BCUT2D eigenvalue weighted by Crippen LogP contribution is 2.36. The molecule has 1 fully saturated rings. The standard InChI is InChI=1S/C29H37N3O2/c1-3-22-8-5-6-9-26(22)23(4-2)11-13-32-20-25-18-24(19-31-14-16-33-17-15-31)27-10-7-12-30-28(27)29(25)34-21-32/h5-10,12,18,23H,3-4,11,13-17,19-21H2,1-2H3. The highest BCUT2D eigenvalue weighted by molar-refractivity contribution is 5.89. The number of morpholine rings is 1. The summed E-state index contributed by atoms with van der Waals surface area (Å²) in [5, 5.41) is 1.21. The highest BCUT2D eigenvalue weighted by Gasteiger charge is 2.24. The molecule has 2 aliphatic heterocycles. The van der Waals surface area contributed by atoms with E-state index in [2.05, 4.69) is 60.0 Å². The lowest BCUT2D eigenvalue weighted by Crippen LogP contribution is -2.36. The summed E-state index contributed by atoms with van der Waals surface area (Å²) >= 11 is 0. The summed E-state index contributed by atoms with van der Waals surface area (Å²) in [5.74, 6) is 1.56. The molecule has 3 heterocycles. The van der Waals surface area contributed by atoms with Gasteiger partial charge in [-0.25, -0.2) is 0 Å². The average Bonchev–Trinajstić information content (AvgIpc) is 2.90. The summed E-state index contributed by atoms with van der Waals surface area (Å²) in [4.78, 5) is 9.67. The molecule has 2 aliphatic rings. The Labute approximate surface area is 203 Å². The monoisotopic (exact) mass is 459 g/mol. The second-order valence-corrected chi connectivity index (χ2v) is 9.58.